The van der Waals surface area contributed by atoms with Crippen LogP contribution in [0.1, 0.15) is 47.2 Å². The van der Waals surface area contributed by atoms with E-state index in [-0.39, 0.29) is 22.9 Å². The molecule has 0 saturated carbocycles. The average molecular weight is 613 g/mol. The molecule has 12 heteroatoms. The fourth-order valence-electron chi connectivity index (χ4n) is 4.60. The minimum atomic E-state index is -1.61. The fraction of sp³-hybridized carbons (Fsp3) is 0.241. The molecule has 0 saturated heterocycles. The van der Waals surface area contributed by atoms with Gasteiger partial charge in [-0.05, 0) is 62.7 Å². The summed E-state index contributed by atoms with van der Waals surface area (Å²) >= 11 is 12.7. The van der Waals surface area contributed by atoms with E-state index in [9.17, 15) is 13.8 Å². The molecule has 2 aromatic carbocycles. The molecule has 3 heterocycles. The second kappa shape index (κ2) is 10.6. The summed E-state index contributed by atoms with van der Waals surface area (Å²) in [6.07, 6.45) is 2.99. The Labute approximate surface area is 249 Å². The number of carbonyl (C=O) groups excluding carboxylic acids is 2. The number of nitrogens with zero attached hydrogens (tertiary/aromatic N) is 4. The molecule has 1 unspecified atom stereocenters. The number of benzene rings is 2. The Hall–Kier alpha value is -3.73. The molecule has 9 nitrogen and oxygen atoms in total. The van der Waals surface area contributed by atoms with E-state index < -0.39 is 22.2 Å². The summed E-state index contributed by atoms with van der Waals surface area (Å²) in [7, 11) is 1.60. The highest BCUT2D eigenvalue weighted by Gasteiger charge is 2.37. The Morgan fingerprint density at radius 3 is 2.34 bits per heavy atom. The quantitative estimate of drug-likeness (QED) is 0.318. The smallest absolute Gasteiger partial charge is 0.275 e. The Balaban J connectivity index is 1.83. The Bertz CT molecular complexity index is 1740. The molecule has 1 aliphatic heterocycles. The van der Waals surface area contributed by atoms with Crippen LogP contribution in [0.4, 0.5) is 0 Å². The van der Waals surface area contributed by atoms with Gasteiger partial charge in [0.1, 0.15) is 5.75 Å². The summed E-state index contributed by atoms with van der Waals surface area (Å²) < 4.78 is 21.1. The number of carbonyl (C=O) groups is 2. The third-order valence-electron chi connectivity index (χ3n) is 6.98. The normalized spacial score (nSPS) is 14.3. The van der Waals surface area contributed by atoms with Crippen LogP contribution in [-0.4, -0.2) is 55.4 Å². The van der Waals surface area contributed by atoms with Crippen LogP contribution >= 0.6 is 23.2 Å². The number of fused-ring (bicyclic) bond motifs is 3. The van der Waals surface area contributed by atoms with Gasteiger partial charge in [-0.1, -0.05) is 23.2 Å². The van der Waals surface area contributed by atoms with E-state index in [1.165, 1.54) is 13.3 Å². The van der Waals surface area contributed by atoms with Crippen molar-refractivity contribution in [3.63, 3.8) is 0 Å². The van der Waals surface area contributed by atoms with Gasteiger partial charge in [0.2, 0.25) is 5.91 Å². The second-order valence-corrected chi connectivity index (χ2v) is 12.9. The molecular weight excluding hydrogens is 585 g/mol. The van der Waals surface area contributed by atoms with Gasteiger partial charge >= 0.3 is 0 Å². The summed E-state index contributed by atoms with van der Waals surface area (Å²) in [5.74, 6) is -0.353. The van der Waals surface area contributed by atoms with Crippen molar-refractivity contribution in [1.29, 1.82) is 0 Å². The zero-order valence-electron chi connectivity index (χ0n) is 23.0. The lowest BCUT2D eigenvalue weighted by molar-refractivity contribution is 0.0645. The van der Waals surface area contributed by atoms with E-state index in [0.717, 1.165) is 5.56 Å². The molecule has 0 radical (unpaired) electrons. The molecule has 4 aromatic rings. The minimum absolute atomic E-state index is 0.0762. The molecule has 0 fully saturated rings. The maximum absolute atomic E-state index is 13.8. The zero-order chi connectivity index (χ0) is 29.8. The molecule has 5 rings (SSSR count). The van der Waals surface area contributed by atoms with Crippen LogP contribution in [0.25, 0.3) is 28.1 Å². The first-order valence-electron chi connectivity index (χ1n) is 12.5. The number of primary amides is 1. The summed E-state index contributed by atoms with van der Waals surface area (Å²) in [5.41, 5.74) is 8.89. The Morgan fingerprint density at radius 2 is 1.73 bits per heavy atom. The second-order valence-electron chi connectivity index (χ2n) is 10.6. The molecule has 2 amide bonds. The van der Waals surface area contributed by atoms with Crippen molar-refractivity contribution in [2.24, 2.45) is 5.73 Å². The number of nitrogens with two attached hydrogens (primary N) is 1. The highest BCUT2D eigenvalue weighted by molar-refractivity contribution is 7.84. The van der Waals surface area contributed by atoms with Crippen LogP contribution < -0.4 is 10.5 Å². The van der Waals surface area contributed by atoms with Crippen molar-refractivity contribution in [2.75, 3.05) is 14.2 Å². The van der Waals surface area contributed by atoms with E-state index in [1.807, 2.05) is 26.8 Å². The largest absolute Gasteiger partial charge is 0.496 e. The summed E-state index contributed by atoms with van der Waals surface area (Å²) in [5, 5.41) is 5.47. The summed E-state index contributed by atoms with van der Waals surface area (Å²) in [6, 6.07) is 10.2. The number of halogens is 2. The van der Waals surface area contributed by atoms with Gasteiger partial charge < -0.3 is 15.4 Å². The van der Waals surface area contributed by atoms with Crippen LogP contribution in [0.5, 0.6) is 5.75 Å². The van der Waals surface area contributed by atoms with Gasteiger partial charge in [0.25, 0.3) is 5.91 Å². The third-order valence-corrected chi connectivity index (χ3v) is 8.83. The Morgan fingerprint density at radius 1 is 1.05 bits per heavy atom. The summed E-state index contributed by atoms with van der Waals surface area (Å²) in [4.78, 5) is 31.7. The van der Waals surface area contributed by atoms with Gasteiger partial charge in [0.05, 0.1) is 45.5 Å². The standard InChI is InChI=1S/C29H27Cl2N5O4S/c1-29(2,3)35(4)28(38)24-26-25(36(34-24)20-9-18(30)8-19(31)10-20)22-11-21(15-6-16(27(32)37)13-33-12-15)23(40-5)7-17(22)14-41(26)39/h6-13H,14H2,1-5H3,(H2,32,37). The lowest BCUT2D eigenvalue weighted by Gasteiger charge is -2.31. The average Bonchev–Trinajstić information content (AvgIpc) is 3.32. The van der Waals surface area contributed by atoms with Gasteiger partial charge in [-0.3, -0.25) is 18.8 Å². The molecule has 0 spiro atoms. The van der Waals surface area contributed by atoms with Crippen LogP contribution in [0, 0.1) is 0 Å². The molecule has 1 aliphatic rings. The van der Waals surface area contributed by atoms with Crippen LogP contribution in [0.3, 0.4) is 0 Å². The van der Waals surface area contributed by atoms with Crippen molar-refractivity contribution in [3.8, 4) is 33.8 Å². The van der Waals surface area contributed by atoms with Crippen molar-refractivity contribution < 1.29 is 18.5 Å². The maximum Gasteiger partial charge on any atom is 0.275 e. The van der Waals surface area contributed by atoms with E-state index in [2.05, 4.69) is 4.98 Å². The first-order valence-corrected chi connectivity index (χ1v) is 14.6. The molecule has 0 aliphatic carbocycles. The Kier molecular flexibility index (Phi) is 7.44. The van der Waals surface area contributed by atoms with Gasteiger partial charge in [-0.25, -0.2) is 4.68 Å². The van der Waals surface area contributed by atoms with Gasteiger partial charge in [0, 0.05) is 51.7 Å². The van der Waals surface area contributed by atoms with Gasteiger partial charge in [-0.2, -0.15) is 5.10 Å². The summed E-state index contributed by atoms with van der Waals surface area (Å²) in [6.45, 7) is 5.72. The number of rotatable bonds is 5. The van der Waals surface area contributed by atoms with Crippen LogP contribution in [0.15, 0.2) is 53.7 Å². The molecule has 41 heavy (non-hydrogen) atoms. The van der Waals surface area contributed by atoms with Gasteiger partial charge in [-0.15, -0.1) is 0 Å². The predicted octanol–water partition coefficient (Wildman–Crippen LogP) is 5.51. The first kappa shape index (κ1) is 28.8. The number of methoxy groups -OCH3 is 1. The molecule has 1 atom stereocenters. The minimum Gasteiger partial charge on any atom is -0.496 e. The fourth-order valence-corrected chi connectivity index (χ4v) is 6.54. The lowest BCUT2D eigenvalue weighted by atomic mass is 9.96. The number of ether oxygens (including phenoxy) is 1. The topological polar surface area (TPSA) is 120 Å². The highest BCUT2D eigenvalue weighted by atomic mass is 35.5. The molecule has 2 aromatic heterocycles. The maximum atomic E-state index is 13.8. The van der Waals surface area contributed by atoms with Crippen molar-refractivity contribution >= 4 is 45.8 Å². The van der Waals surface area contributed by atoms with E-state index in [4.69, 9.17) is 38.8 Å². The van der Waals surface area contributed by atoms with Crippen LogP contribution in [0.2, 0.25) is 10.0 Å². The van der Waals surface area contributed by atoms with Gasteiger partial charge in [0.15, 0.2) is 5.69 Å². The predicted molar refractivity (Wildman–Crippen MR) is 159 cm³/mol. The lowest BCUT2D eigenvalue weighted by Crippen LogP contribution is -2.43. The van der Waals surface area contributed by atoms with E-state index in [0.29, 0.717) is 48.8 Å². The van der Waals surface area contributed by atoms with Crippen LogP contribution in [-0.2, 0) is 16.6 Å². The highest BCUT2D eigenvalue weighted by Crippen LogP contribution is 2.45. The molecular formula is C29H27Cl2N5O4S. The van der Waals surface area contributed by atoms with E-state index in [1.54, 1.807) is 53.2 Å². The number of aromatic nitrogens is 3. The molecule has 0 bridgehead atoms. The zero-order valence-corrected chi connectivity index (χ0v) is 25.3. The number of pyridine rings is 1. The molecule has 212 valence electrons. The molecule has 2 N–H and O–H groups in total. The first-order chi connectivity index (χ1) is 19.3. The van der Waals surface area contributed by atoms with E-state index >= 15 is 0 Å². The monoisotopic (exact) mass is 611 g/mol. The number of hydrogen-bond acceptors (Lipinski definition) is 6. The van der Waals surface area contributed by atoms with Crippen molar-refractivity contribution in [3.05, 3.63) is 75.7 Å². The third kappa shape index (κ3) is 5.23. The van der Waals surface area contributed by atoms with Crippen molar-refractivity contribution in [1.82, 2.24) is 19.7 Å². The number of hydrogen-bond donors (Lipinski definition) is 1. The number of amides is 2. The SMILES string of the molecule is COc1cc2c(cc1-c1cncc(C(N)=O)c1)-c1c(c(C(=O)N(C)C(C)(C)C)nn1-c1cc(Cl)cc(Cl)c1)S(=O)C2. The van der Waals surface area contributed by atoms with Crippen molar-refractivity contribution in [2.45, 2.75) is 37.0 Å².